The zero-order valence-corrected chi connectivity index (χ0v) is 10.9. The van der Waals surface area contributed by atoms with Gasteiger partial charge in [0.25, 0.3) is 0 Å². The predicted molar refractivity (Wildman–Crippen MR) is 78.0 cm³/mol. The number of aromatic nitrogens is 2. The van der Waals surface area contributed by atoms with Crippen LogP contribution >= 0.6 is 0 Å². The fourth-order valence-corrected chi connectivity index (χ4v) is 2.48. The summed E-state index contributed by atoms with van der Waals surface area (Å²) in [5.74, 6) is 1.81. The second-order valence-electron chi connectivity index (χ2n) is 5.04. The Balaban J connectivity index is 1.74. The molecule has 1 aromatic heterocycles. The van der Waals surface area contributed by atoms with Crippen LogP contribution in [0.1, 0.15) is 12.8 Å². The molecule has 2 heterocycles. The number of benzene rings is 1. The average Bonchev–Trinajstić information content (AvgIpc) is 2.46. The third-order valence-corrected chi connectivity index (χ3v) is 3.55. The Bertz CT molecular complexity index is 563. The Morgan fingerprint density at radius 2 is 2.05 bits per heavy atom. The Morgan fingerprint density at radius 1 is 1.26 bits per heavy atom. The van der Waals surface area contributed by atoms with Crippen molar-refractivity contribution in [2.75, 3.05) is 30.7 Å². The van der Waals surface area contributed by atoms with Crippen LogP contribution in [-0.2, 0) is 0 Å². The Kier molecular flexibility index (Phi) is 3.46. The molecule has 0 spiro atoms. The molecule has 0 aliphatic carbocycles. The first kappa shape index (κ1) is 12.2. The summed E-state index contributed by atoms with van der Waals surface area (Å²) in [5.41, 5.74) is 7.66. The number of nitrogens with one attached hydrogen (secondary N) is 2. The maximum atomic E-state index is 5.95. The number of hydrogen-bond donors (Lipinski definition) is 3. The Hall–Kier alpha value is -1.88. The van der Waals surface area contributed by atoms with E-state index in [-0.39, 0.29) is 0 Å². The number of para-hydroxylation sites is 2. The van der Waals surface area contributed by atoms with Gasteiger partial charge in [-0.05, 0) is 44.0 Å². The van der Waals surface area contributed by atoms with Gasteiger partial charge < -0.3 is 16.4 Å². The normalized spacial score (nSPS) is 19.5. The van der Waals surface area contributed by atoms with E-state index in [1.807, 2.05) is 24.3 Å². The van der Waals surface area contributed by atoms with Crippen LogP contribution in [0.15, 0.2) is 24.3 Å². The van der Waals surface area contributed by atoms with Gasteiger partial charge in [0.05, 0.1) is 11.0 Å². The first-order valence-corrected chi connectivity index (χ1v) is 6.80. The fourth-order valence-electron chi connectivity index (χ4n) is 2.48. The van der Waals surface area contributed by atoms with E-state index >= 15 is 0 Å². The minimum absolute atomic E-state index is 0.475. The molecule has 0 bridgehead atoms. The molecular weight excluding hydrogens is 238 g/mol. The van der Waals surface area contributed by atoms with Crippen molar-refractivity contribution in [3.05, 3.63) is 24.3 Å². The Morgan fingerprint density at radius 3 is 2.79 bits per heavy atom. The molecule has 1 aromatic carbocycles. The van der Waals surface area contributed by atoms with Crippen LogP contribution in [0.5, 0.6) is 0 Å². The summed E-state index contributed by atoms with van der Waals surface area (Å²) in [5, 5.41) is 6.74. The van der Waals surface area contributed by atoms with Crippen molar-refractivity contribution in [2.45, 2.75) is 12.8 Å². The first-order valence-electron chi connectivity index (χ1n) is 6.80. The van der Waals surface area contributed by atoms with E-state index in [0.29, 0.717) is 17.6 Å². The van der Waals surface area contributed by atoms with Crippen molar-refractivity contribution < 1.29 is 0 Å². The quantitative estimate of drug-likeness (QED) is 0.779. The van der Waals surface area contributed by atoms with Gasteiger partial charge in [-0.1, -0.05) is 12.1 Å². The van der Waals surface area contributed by atoms with E-state index in [9.17, 15) is 0 Å². The lowest BCUT2D eigenvalue weighted by Crippen LogP contribution is -2.33. The molecule has 1 saturated heterocycles. The van der Waals surface area contributed by atoms with Gasteiger partial charge in [-0.2, -0.15) is 0 Å². The van der Waals surface area contributed by atoms with E-state index in [1.54, 1.807) is 0 Å². The van der Waals surface area contributed by atoms with Crippen LogP contribution < -0.4 is 16.4 Å². The van der Waals surface area contributed by atoms with E-state index in [2.05, 4.69) is 20.6 Å². The summed E-state index contributed by atoms with van der Waals surface area (Å²) in [4.78, 5) is 8.92. The zero-order chi connectivity index (χ0) is 13.1. The molecule has 0 saturated carbocycles. The van der Waals surface area contributed by atoms with Crippen molar-refractivity contribution in [3.63, 3.8) is 0 Å². The van der Waals surface area contributed by atoms with Gasteiger partial charge in [-0.3, -0.25) is 0 Å². The molecule has 5 heteroatoms. The van der Waals surface area contributed by atoms with Crippen molar-refractivity contribution in [1.82, 2.24) is 15.3 Å². The number of rotatable bonds is 3. The lowest BCUT2D eigenvalue weighted by Gasteiger charge is -2.23. The lowest BCUT2D eigenvalue weighted by molar-refractivity contribution is 0.392. The molecule has 0 amide bonds. The molecule has 5 nitrogen and oxygen atoms in total. The summed E-state index contributed by atoms with van der Waals surface area (Å²) in [6.45, 7) is 3.09. The molecule has 2 aromatic rings. The van der Waals surface area contributed by atoms with Crippen LogP contribution in [0.25, 0.3) is 11.0 Å². The molecule has 0 radical (unpaired) electrons. The van der Waals surface area contributed by atoms with Crippen molar-refractivity contribution in [2.24, 2.45) is 5.92 Å². The van der Waals surface area contributed by atoms with E-state index in [0.717, 1.165) is 30.7 Å². The minimum atomic E-state index is 0.475. The smallest absolute Gasteiger partial charge is 0.169 e. The minimum Gasteiger partial charge on any atom is -0.381 e. The molecule has 1 fully saturated rings. The highest BCUT2D eigenvalue weighted by atomic mass is 15.1. The molecule has 19 heavy (non-hydrogen) atoms. The van der Waals surface area contributed by atoms with Gasteiger partial charge in [0, 0.05) is 6.54 Å². The van der Waals surface area contributed by atoms with Crippen LogP contribution in [0.3, 0.4) is 0 Å². The van der Waals surface area contributed by atoms with E-state index < -0.39 is 0 Å². The van der Waals surface area contributed by atoms with Gasteiger partial charge in [0.1, 0.15) is 0 Å². The fraction of sp³-hybridized carbons (Fsp3) is 0.429. The number of nitrogens with two attached hydrogens (primary N) is 1. The summed E-state index contributed by atoms with van der Waals surface area (Å²) >= 11 is 0. The molecule has 0 unspecified atom stereocenters. The topological polar surface area (TPSA) is 75.9 Å². The average molecular weight is 257 g/mol. The highest BCUT2D eigenvalue weighted by Gasteiger charge is 2.13. The largest absolute Gasteiger partial charge is 0.381 e. The van der Waals surface area contributed by atoms with E-state index in [1.165, 1.54) is 12.8 Å². The van der Waals surface area contributed by atoms with Crippen LogP contribution in [0, 0.1) is 5.92 Å². The maximum absolute atomic E-state index is 5.95. The number of anilines is 2. The second kappa shape index (κ2) is 5.40. The monoisotopic (exact) mass is 257 g/mol. The third kappa shape index (κ3) is 2.76. The lowest BCUT2D eigenvalue weighted by atomic mass is 10.00. The zero-order valence-electron chi connectivity index (χ0n) is 10.9. The van der Waals surface area contributed by atoms with Gasteiger partial charge >= 0.3 is 0 Å². The van der Waals surface area contributed by atoms with Gasteiger partial charge in [0.2, 0.25) is 0 Å². The molecule has 1 aliphatic heterocycles. The van der Waals surface area contributed by atoms with Gasteiger partial charge in [-0.25, -0.2) is 9.97 Å². The van der Waals surface area contributed by atoms with Crippen molar-refractivity contribution >= 4 is 22.7 Å². The highest BCUT2D eigenvalue weighted by molar-refractivity contribution is 5.79. The predicted octanol–water partition coefficient (Wildman–Crippen LogP) is 1.62. The van der Waals surface area contributed by atoms with Crippen molar-refractivity contribution in [1.29, 1.82) is 0 Å². The van der Waals surface area contributed by atoms with E-state index in [4.69, 9.17) is 5.73 Å². The summed E-state index contributed by atoms with van der Waals surface area (Å²) in [7, 11) is 0. The second-order valence-corrected chi connectivity index (χ2v) is 5.04. The molecule has 1 atom stereocenters. The summed E-state index contributed by atoms with van der Waals surface area (Å²) in [6, 6.07) is 7.78. The number of nitrogens with zero attached hydrogens (tertiary/aromatic N) is 2. The maximum Gasteiger partial charge on any atom is 0.169 e. The molecule has 4 N–H and O–H groups in total. The van der Waals surface area contributed by atoms with Gasteiger partial charge in [0.15, 0.2) is 11.6 Å². The van der Waals surface area contributed by atoms with Gasteiger partial charge in [-0.15, -0.1) is 0 Å². The highest BCUT2D eigenvalue weighted by Crippen LogP contribution is 2.19. The number of nitrogen functional groups attached to an aromatic ring is 1. The summed E-state index contributed by atoms with van der Waals surface area (Å²) in [6.07, 6.45) is 2.49. The van der Waals surface area contributed by atoms with Crippen molar-refractivity contribution in [3.8, 4) is 0 Å². The Labute approximate surface area is 112 Å². The van der Waals surface area contributed by atoms with Crippen LogP contribution in [-0.4, -0.2) is 29.6 Å². The van der Waals surface area contributed by atoms with Crippen LogP contribution in [0.4, 0.5) is 11.6 Å². The number of piperidine rings is 1. The molecular formula is C14H19N5. The SMILES string of the molecule is Nc1nc2ccccc2nc1NC[C@@H]1CCCNC1. The standard InChI is InChI=1S/C14H19N5/c15-13-14(17-9-10-4-3-7-16-8-10)19-12-6-2-1-5-11(12)18-13/h1-2,5-6,10,16H,3-4,7-9H2,(H2,15,18)(H,17,19)/t10-/m1/s1. The summed E-state index contributed by atoms with van der Waals surface area (Å²) < 4.78 is 0. The molecule has 3 rings (SSSR count). The molecule has 1 aliphatic rings. The third-order valence-electron chi connectivity index (χ3n) is 3.55. The van der Waals surface area contributed by atoms with Crippen LogP contribution in [0.2, 0.25) is 0 Å². The molecule has 100 valence electrons. The number of hydrogen-bond acceptors (Lipinski definition) is 5. The first-order chi connectivity index (χ1) is 9.33. The number of fused-ring (bicyclic) bond motifs is 1.